The molecule has 8 heteroatoms. The molecule has 0 radical (unpaired) electrons. The molecule has 0 bridgehead atoms. The number of ether oxygens (including phenoxy) is 1. The Labute approximate surface area is 179 Å². The summed E-state index contributed by atoms with van der Waals surface area (Å²) in [5.74, 6) is -0.261. The van der Waals surface area contributed by atoms with Gasteiger partial charge in [-0.05, 0) is 29.5 Å². The normalized spacial score (nSPS) is 15.5. The summed E-state index contributed by atoms with van der Waals surface area (Å²) in [4.78, 5) is 25.8. The highest BCUT2D eigenvalue weighted by molar-refractivity contribution is 7.12. The molecule has 2 amide bonds. The average Bonchev–Trinajstić information content (AvgIpc) is 3.33. The van der Waals surface area contributed by atoms with Gasteiger partial charge in [0, 0.05) is 32.1 Å². The topological polar surface area (TPSA) is 85.2 Å². The van der Waals surface area contributed by atoms with Gasteiger partial charge in [0.25, 0.3) is 11.8 Å². The van der Waals surface area contributed by atoms with Gasteiger partial charge < -0.3 is 15.4 Å². The summed E-state index contributed by atoms with van der Waals surface area (Å²) in [5, 5.41) is 12.3. The van der Waals surface area contributed by atoms with Crippen LogP contribution in [0.3, 0.4) is 0 Å². The standard InChI is InChI=1S/C22H24N4O3S/c1-14-8-19(30-13-14)21(27)24-11-16-9-17-18(12-29-16)25-26(2)20(17)22(28)23-10-15-6-4-3-5-7-15/h3-8,13,16H,9-12H2,1-2H3,(H,23,28)(H,24,27). The van der Waals surface area contributed by atoms with Crippen LogP contribution in [0.15, 0.2) is 41.8 Å². The number of hydrogen-bond donors (Lipinski definition) is 2. The number of nitrogens with zero attached hydrogens (tertiary/aromatic N) is 2. The number of amides is 2. The van der Waals surface area contributed by atoms with Crippen molar-refractivity contribution in [3.8, 4) is 0 Å². The van der Waals surface area contributed by atoms with Crippen molar-refractivity contribution in [2.45, 2.75) is 32.6 Å². The number of aromatic nitrogens is 2. The predicted molar refractivity (Wildman–Crippen MR) is 114 cm³/mol. The number of rotatable bonds is 6. The zero-order chi connectivity index (χ0) is 21.1. The minimum atomic E-state index is -0.201. The molecule has 2 aromatic heterocycles. The van der Waals surface area contributed by atoms with Gasteiger partial charge in [0.2, 0.25) is 0 Å². The van der Waals surface area contributed by atoms with Gasteiger partial charge in [0.15, 0.2) is 0 Å². The third kappa shape index (κ3) is 4.44. The molecule has 1 atom stereocenters. The largest absolute Gasteiger partial charge is 0.370 e. The lowest BCUT2D eigenvalue weighted by Crippen LogP contribution is -2.37. The van der Waals surface area contributed by atoms with Crippen molar-refractivity contribution in [2.24, 2.45) is 7.05 Å². The monoisotopic (exact) mass is 424 g/mol. The molecule has 30 heavy (non-hydrogen) atoms. The molecular weight excluding hydrogens is 400 g/mol. The second kappa shape index (κ2) is 8.81. The summed E-state index contributed by atoms with van der Waals surface area (Å²) in [6.45, 7) is 3.13. The van der Waals surface area contributed by atoms with Gasteiger partial charge in [0.1, 0.15) is 5.69 Å². The maximum atomic E-state index is 12.9. The molecule has 1 aliphatic heterocycles. The number of thiophene rings is 1. The smallest absolute Gasteiger partial charge is 0.270 e. The van der Waals surface area contributed by atoms with Crippen LogP contribution in [0.4, 0.5) is 0 Å². The van der Waals surface area contributed by atoms with Gasteiger partial charge >= 0.3 is 0 Å². The van der Waals surface area contributed by atoms with E-state index in [2.05, 4.69) is 15.7 Å². The van der Waals surface area contributed by atoms with Crippen molar-refractivity contribution in [3.05, 3.63) is 74.7 Å². The first-order valence-electron chi connectivity index (χ1n) is 9.83. The van der Waals surface area contributed by atoms with Crippen molar-refractivity contribution in [3.63, 3.8) is 0 Å². The molecule has 156 valence electrons. The van der Waals surface area contributed by atoms with E-state index in [1.807, 2.05) is 48.7 Å². The predicted octanol–water partition coefficient (Wildman–Crippen LogP) is 2.59. The van der Waals surface area contributed by atoms with Crippen LogP contribution in [0.2, 0.25) is 0 Å². The Hall–Kier alpha value is -2.97. The first kappa shape index (κ1) is 20.3. The van der Waals surface area contributed by atoms with E-state index in [0.29, 0.717) is 36.7 Å². The van der Waals surface area contributed by atoms with Gasteiger partial charge in [-0.15, -0.1) is 11.3 Å². The summed E-state index contributed by atoms with van der Waals surface area (Å²) < 4.78 is 7.47. The van der Waals surface area contributed by atoms with E-state index >= 15 is 0 Å². The number of benzene rings is 1. The molecule has 0 spiro atoms. The van der Waals surface area contributed by atoms with Crippen LogP contribution in [0.1, 0.15) is 42.5 Å². The number of nitrogens with one attached hydrogen (secondary N) is 2. The fourth-order valence-electron chi connectivity index (χ4n) is 3.56. The Morgan fingerprint density at radius 1 is 1.23 bits per heavy atom. The van der Waals surface area contributed by atoms with E-state index < -0.39 is 0 Å². The lowest BCUT2D eigenvalue weighted by molar-refractivity contribution is 0.0265. The summed E-state index contributed by atoms with van der Waals surface area (Å²) in [6.07, 6.45) is 0.327. The minimum absolute atomic E-state index is 0.102. The van der Waals surface area contributed by atoms with Crippen LogP contribution in [0.25, 0.3) is 0 Å². The molecule has 0 saturated heterocycles. The Bertz CT molecular complexity index is 1060. The highest BCUT2D eigenvalue weighted by Crippen LogP contribution is 2.23. The van der Waals surface area contributed by atoms with Gasteiger partial charge in [-0.1, -0.05) is 30.3 Å². The number of hydrogen-bond acceptors (Lipinski definition) is 5. The van der Waals surface area contributed by atoms with Crippen molar-refractivity contribution in [2.75, 3.05) is 6.54 Å². The van der Waals surface area contributed by atoms with Crippen molar-refractivity contribution < 1.29 is 14.3 Å². The fraction of sp³-hybridized carbons (Fsp3) is 0.318. The molecule has 4 rings (SSSR count). The lowest BCUT2D eigenvalue weighted by Gasteiger charge is -2.23. The fourth-order valence-corrected chi connectivity index (χ4v) is 4.37. The van der Waals surface area contributed by atoms with Gasteiger partial charge in [0.05, 0.1) is 23.3 Å². The third-order valence-electron chi connectivity index (χ3n) is 5.07. The summed E-state index contributed by atoms with van der Waals surface area (Å²) in [6, 6.07) is 11.7. The van der Waals surface area contributed by atoms with Gasteiger partial charge in [-0.2, -0.15) is 5.10 Å². The highest BCUT2D eigenvalue weighted by atomic mass is 32.1. The Balaban J connectivity index is 1.40. The second-order valence-electron chi connectivity index (χ2n) is 7.40. The molecule has 3 heterocycles. The molecule has 0 saturated carbocycles. The minimum Gasteiger partial charge on any atom is -0.370 e. The van der Waals surface area contributed by atoms with Crippen LogP contribution in [-0.4, -0.2) is 34.2 Å². The van der Waals surface area contributed by atoms with Crippen molar-refractivity contribution >= 4 is 23.2 Å². The maximum Gasteiger partial charge on any atom is 0.270 e. The number of fused-ring (bicyclic) bond motifs is 1. The summed E-state index contributed by atoms with van der Waals surface area (Å²) in [7, 11) is 1.77. The molecular formula is C22H24N4O3S. The van der Waals surface area contributed by atoms with Crippen LogP contribution in [-0.2, 0) is 31.4 Å². The third-order valence-corrected chi connectivity index (χ3v) is 6.12. The van der Waals surface area contributed by atoms with Gasteiger partial charge in [-0.25, -0.2) is 0 Å². The summed E-state index contributed by atoms with van der Waals surface area (Å²) >= 11 is 1.43. The molecule has 1 unspecified atom stereocenters. The number of carbonyl (C=O) groups excluding carboxylic acids is 2. The first-order valence-corrected chi connectivity index (χ1v) is 10.7. The first-order chi connectivity index (χ1) is 14.5. The Morgan fingerprint density at radius 2 is 2.03 bits per heavy atom. The Morgan fingerprint density at radius 3 is 2.77 bits per heavy atom. The highest BCUT2D eigenvalue weighted by Gasteiger charge is 2.29. The second-order valence-corrected chi connectivity index (χ2v) is 8.31. The van der Waals surface area contributed by atoms with E-state index in [-0.39, 0.29) is 17.9 Å². The molecule has 7 nitrogen and oxygen atoms in total. The van der Waals surface area contributed by atoms with E-state index in [0.717, 1.165) is 22.4 Å². The van der Waals surface area contributed by atoms with Crippen LogP contribution in [0.5, 0.6) is 0 Å². The number of carbonyl (C=O) groups is 2. The maximum absolute atomic E-state index is 12.9. The van der Waals surface area contributed by atoms with E-state index in [1.165, 1.54) is 11.3 Å². The van der Waals surface area contributed by atoms with E-state index in [4.69, 9.17) is 4.74 Å². The lowest BCUT2D eigenvalue weighted by atomic mass is 10.0. The van der Waals surface area contributed by atoms with Crippen molar-refractivity contribution in [1.82, 2.24) is 20.4 Å². The molecule has 0 fully saturated rings. The van der Waals surface area contributed by atoms with Gasteiger partial charge in [-0.3, -0.25) is 14.3 Å². The number of aryl methyl sites for hydroxylation is 2. The van der Waals surface area contributed by atoms with E-state index in [9.17, 15) is 9.59 Å². The van der Waals surface area contributed by atoms with Crippen LogP contribution >= 0.6 is 11.3 Å². The molecule has 1 aliphatic rings. The Kier molecular flexibility index (Phi) is 5.96. The average molecular weight is 425 g/mol. The SMILES string of the molecule is Cc1csc(C(=O)NCC2Cc3c(nn(C)c3C(=O)NCc3ccccc3)CO2)c1. The quantitative estimate of drug-likeness (QED) is 0.637. The van der Waals surface area contributed by atoms with Crippen LogP contribution < -0.4 is 10.6 Å². The molecule has 3 aromatic rings. The van der Waals surface area contributed by atoms with E-state index in [1.54, 1.807) is 11.7 Å². The zero-order valence-electron chi connectivity index (χ0n) is 17.0. The van der Waals surface area contributed by atoms with Crippen LogP contribution in [0, 0.1) is 6.92 Å². The zero-order valence-corrected chi connectivity index (χ0v) is 17.8. The molecule has 1 aromatic carbocycles. The molecule has 0 aliphatic carbocycles. The molecule has 2 N–H and O–H groups in total. The summed E-state index contributed by atoms with van der Waals surface area (Å²) in [5.41, 5.74) is 4.33. The van der Waals surface area contributed by atoms with Crippen molar-refractivity contribution in [1.29, 1.82) is 0 Å².